The lowest BCUT2D eigenvalue weighted by Gasteiger charge is -2.30. The van der Waals surface area contributed by atoms with Crippen LogP contribution in [0.3, 0.4) is 0 Å². The smallest absolute Gasteiger partial charge is 0.224 e. The fourth-order valence-electron chi connectivity index (χ4n) is 2.80. The summed E-state index contributed by atoms with van der Waals surface area (Å²) in [5.41, 5.74) is 1.16. The lowest BCUT2D eigenvalue weighted by Crippen LogP contribution is -2.46. The minimum absolute atomic E-state index is 0.0423. The van der Waals surface area contributed by atoms with Gasteiger partial charge in [0.15, 0.2) is 0 Å². The Hall–Kier alpha value is -0.760. The van der Waals surface area contributed by atoms with E-state index in [2.05, 4.69) is 5.32 Å². The van der Waals surface area contributed by atoms with Crippen molar-refractivity contribution < 1.29 is 13.2 Å². The summed E-state index contributed by atoms with van der Waals surface area (Å²) >= 11 is 7.69. The van der Waals surface area contributed by atoms with E-state index in [0.29, 0.717) is 19.6 Å². The summed E-state index contributed by atoms with van der Waals surface area (Å²) in [6.45, 7) is 3.05. The van der Waals surface area contributed by atoms with Gasteiger partial charge in [-0.25, -0.2) is 12.7 Å². The second kappa shape index (κ2) is 9.80. The number of nitrogens with zero attached hydrogens (tertiary/aromatic N) is 1. The molecule has 1 aliphatic heterocycles. The zero-order valence-electron chi connectivity index (χ0n) is 14.4. The predicted molar refractivity (Wildman–Crippen MR) is 104 cm³/mol. The minimum Gasteiger partial charge on any atom is -0.355 e. The summed E-state index contributed by atoms with van der Waals surface area (Å²) in [5, 5.41) is 3.66. The molecule has 0 spiro atoms. The first-order valence-electron chi connectivity index (χ1n) is 8.50. The van der Waals surface area contributed by atoms with Crippen molar-refractivity contribution in [1.29, 1.82) is 0 Å². The van der Waals surface area contributed by atoms with Gasteiger partial charge in [-0.3, -0.25) is 4.79 Å². The molecule has 140 valence electrons. The second-order valence-corrected chi connectivity index (χ2v) is 9.87. The molecule has 1 saturated heterocycles. The molecule has 1 atom stereocenters. The fourth-order valence-corrected chi connectivity index (χ4v) is 5.00. The number of halogens is 1. The highest BCUT2D eigenvalue weighted by molar-refractivity contribution is 7.98. The van der Waals surface area contributed by atoms with Gasteiger partial charge in [0.05, 0.1) is 11.7 Å². The highest BCUT2D eigenvalue weighted by Crippen LogP contribution is 2.20. The first-order valence-corrected chi connectivity index (χ1v) is 11.6. The number of thioether (sulfide) groups is 1. The fraction of sp³-hybridized carbons (Fsp3) is 0.588. The van der Waals surface area contributed by atoms with Crippen LogP contribution in [-0.2, 0) is 20.6 Å². The number of sulfonamides is 1. The average molecular weight is 405 g/mol. The lowest BCUT2D eigenvalue weighted by atomic mass is 9.99. The maximum absolute atomic E-state index is 12.3. The van der Waals surface area contributed by atoms with E-state index in [1.54, 1.807) is 18.7 Å². The Morgan fingerprint density at radius 3 is 2.96 bits per heavy atom. The van der Waals surface area contributed by atoms with Crippen molar-refractivity contribution in [3.05, 3.63) is 34.9 Å². The number of carbonyl (C=O) groups is 1. The standard InChI is InChI=1S/C17H25ClN2O3S2/c1-2-25(22,23)20-9-4-6-15(12-20)17(21)19-8-10-24-13-14-5-3-7-16(18)11-14/h3,5,7,11,15H,2,4,6,8-10,12-13H2,1H3,(H,19,21). The maximum Gasteiger partial charge on any atom is 0.224 e. The van der Waals surface area contributed by atoms with E-state index in [4.69, 9.17) is 11.6 Å². The number of hydrogen-bond acceptors (Lipinski definition) is 4. The third-order valence-corrected chi connectivity index (χ3v) is 7.33. The van der Waals surface area contributed by atoms with Crippen molar-refractivity contribution in [2.24, 2.45) is 5.92 Å². The normalized spacial score (nSPS) is 18.9. The molecule has 0 aromatic heterocycles. The van der Waals surface area contributed by atoms with Gasteiger partial charge in [0.25, 0.3) is 0 Å². The molecule has 1 heterocycles. The van der Waals surface area contributed by atoms with E-state index in [1.807, 2.05) is 24.3 Å². The molecule has 5 nitrogen and oxygen atoms in total. The summed E-state index contributed by atoms with van der Waals surface area (Å²) in [6, 6.07) is 7.75. The Kier molecular flexibility index (Phi) is 8.06. The number of benzene rings is 1. The van der Waals surface area contributed by atoms with Gasteiger partial charge in [-0.1, -0.05) is 23.7 Å². The zero-order chi connectivity index (χ0) is 18.3. The van der Waals surface area contributed by atoms with Crippen LogP contribution in [0.2, 0.25) is 5.02 Å². The van der Waals surface area contributed by atoms with Crippen molar-refractivity contribution >= 4 is 39.3 Å². The minimum atomic E-state index is -3.21. The van der Waals surface area contributed by atoms with Crippen molar-refractivity contribution in [3.8, 4) is 0 Å². The van der Waals surface area contributed by atoms with Gasteiger partial charge in [0.2, 0.25) is 15.9 Å². The number of hydrogen-bond donors (Lipinski definition) is 1. The lowest BCUT2D eigenvalue weighted by molar-refractivity contribution is -0.125. The van der Waals surface area contributed by atoms with Gasteiger partial charge in [-0.2, -0.15) is 11.8 Å². The monoisotopic (exact) mass is 404 g/mol. The summed E-state index contributed by atoms with van der Waals surface area (Å²) in [5.74, 6) is 1.46. The van der Waals surface area contributed by atoms with Crippen LogP contribution in [-0.4, -0.2) is 49.8 Å². The van der Waals surface area contributed by atoms with Crippen LogP contribution in [0, 0.1) is 5.92 Å². The zero-order valence-corrected chi connectivity index (χ0v) is 16.8. The van der Waals surface area contributed by atoms with Crippen molar-refractivity contribution in [2.45, 2.75) is 25.5 Å². The maximum atomic E-state index is 12.3. The summed E-state index contributed by atoms with van der Waals surface area (Å²) in [7, 11) is -3.21. The predicted octanol–water partition coefficient (Wildman–Crippen LogP) is 2.75. The van der Waals surface area contributed by atoms with Crippen LogP contribution >= 0.6 is 23.4 Å². The number of rotatable bonds is 8. The molecule has 1 aromatic rings. The molecule has 25 heavy (non-hydrogen) atoms. The van der Waals surface area contributed by atoms with Crippen molar-refractivity contribution in [2.75, 3.05) is 31.1 Å². The Labute approximate surface area is 159 Å². The van der Waals surface area contributed by atoms with Crippen molar-refractivity contribution in [3.63, 3.8) is 0 Å². The number of nitrogens with one attached hydrogen (secondary N) is 1. The van der Waals surface area contributed by atoms with Gasteiger partial charge in [0, 0.05) is 36.2 Å². The Morgan fingerprint density at radius 2 is 2.24 bits per heavy atom. The number of carbonyl (C=O) groups excluding carboxylic acids is 1. The SMILES string of the molecule is CCS(=O)(=O)N1CCCC(C(=O)NCCSCc2cccc(Cl)c2)C1. The van der Waals surface area contributed by atoms with Gasteiger partial charge in [-0.15, -0.1) is 0 Å². The number of piperidine rings is 1. The quantitative estimate of drug-likeness (QED) is 0.676. The molecule has 1 unspecified atom stereocenters. The molecule has 0 radical (unpaired) electrons. The molecular formula is C17H25ClN2O3S2. The molecule has 0 saturated carbocycles. The van der Waals surface area contributed by atoms with Crippen LogP contribution < -0.4 is 5.32 Å². The first-order chi connectivity index (χ1) is 11.9. The highest BCUT2D eigenvalue weighted by atomic mass is 35.5. The topological polar surface area (TPSA) is 66.5 Å². The van der Waals surface area contributed by atoms with Crippen LogP contribution in [0.15, 0.2) is 24.3 Å². The Bertz CT molecular complexity index is 682. The number of amides is 1. The van der Waals surface area contributed by atoms with Crippen molar-refractivity contribution in [1.82, 2.24) is 9.62 Å². The van der Waals surface area contributed by atoms with Crippen LogP contribution in [0.1, 0.15) is 25.3 Å². The van der Waals surface area contributed by atoms with Gasteiger partial charge >= 0.3 is 0 Å². The van der Waals surface area contributed by atoms with E-state index >= 15 is 0 Å². The molecule has 0 bridgehead atoms. The Morgan fingerprint density at radius 1 is 1.44 bits per heavy atom. The first kappa shape index (κ1) is 20.6. The molecule has 0 aliphatic carbocycles. The molecular weight excluding hydrogens is 380 g/mol. The van der Waals surface area contributed by atoms with E-state index in [9.17, 15) is 13.2 Å². The molecule has 1 N–H and O–H groups in total. The second-order valence-electron chi connectivity index (χ2n) is 6.07. The third-order valence-electron chi connectivity index (χ3n) is 4.22. The molecule has 1 aliphatic rings. The largest absolute Gasteiger partial charge is 0.355 e. The Balaban J connectivity index is 1.69. The molecule has 8 heteroatoms. The van der Waals surface area contributed by atoms with Gasteiger partial charge in [0.1, 0.15) is 0 Å². The molecule has 1 amide bonds. The molecule has 2 rings (SSSR count). The highest BCUT2D eigenvalue weighted by Gasteiger charge is 2.31. The van der Waals surface area contributed by atoms with E-state index in [1.165, 1.54) is 4.31 Å². The van der Waals surface area contributed by atoms with Crippen LogP contribution in [0.25, 0.3) is 0 Å². The van der Waals surface area contributed by atoms with E-state index < -0.39 is 10.0 Å². The van der Waals surface area contributed by atoms with Crippen LogP contribution in [0.5, 0.6) is 0 Å². The summed E-state index contributed by atoms with van der Waals surface area (Å²) in [6.07, 6.45) is 1.48. The summed E-state index contributed by atoms with van der Waals surface area (Å²) in [4.78, 5) is 12.3. The summed E-state index contributed by atoms with van der Waals surface area (Å²) < 4.78 is 25.4. The third kappa shape index (κ3) is 6.47. The molecule has 1 fully saturated rings. The average Bonchev–Trinajstić information content (AvgIpc) is 2.61. The van der Waals surface area contributed by atoms with Gasteiger partial charge in [-0.05, 0) is 37.5 Å². The van der Waals surface area contributed by atoms with E-state index in [-0.39, 0.29) is 17.6 Å². The molecule has 1 aromatic carbocycles. The van der Waals surface area contributed by atoms with E-state index in [0.717, 1.165) is 34.9 Å². The van der Waals surface area contributed by atoms with Gasteiger partial charge < -0.3 is 5.32 Å². The van der Waals surface area contributed by atoms with Crippen LogP contribution in [0.4, 0.5) is 0 Å².